The standard InChI is InChI=1S/C20H39N5O2.HI/c1-16-7-12-24(13-8-16)11-6-10-22-18(21-5)25-14-9-17(15-25)23-19(26)27-20(2,3)4;/h16-17H,6-15H2,1-5H3,(H,21,22)(H,23,26);1H. The highest BCUT2D eigenvalue weighted by molar-refractivity contribution is 14.0. The minimum absolute atomic E-state index is 0. The number of hydrogen-bond donors (Lipinski definition) is 2. The van der Waals surface area contributed by atoms with E-state index >= 15 is 0 Å². The van der Waals surface area contributed by atoms with Gasteiger partial charge in [0, 0.05) is 26.7 Å². The summed E-state index contributed by atoms with van der Waals surface area (Å²) in [6.07, 6.45) is 4.35. The molecule has 0 aliphatic carbocycles. The fourth-order valence-electron chi connectivity index (χ4n) is 3.67. The Labute approximate surface area is 188 Å². The average molecular weight is 509 g/mol. The molecule has 2 heterocycles. The van der Waals surface area contributed by atoms with E-state index in [1.807, 2.05) is 27.8 Å². The highest BCUT2D eigenvalue weighted by Gasteiger charge is 2.27. The summed E-state index contributed by atoms with van der Waals surface area (Å²) < 4.78 is 5.35. The van der Waals surface area contributed by atoms with E-state index in [2.05, 4.69) is 32.3 Å². The minimum atomic E-state index is -0.466. The van der Waals surface area contributed by atoms with E-state index in [1.165, 1.54) is 25.9 Å². The van der Waals surface area contributed by atoms with Crippen LogP contribution in [0, 0.1) is 5.92 Å². The zero-order valence-corrected chi connectivity index (χ0v) is 20.6. The Morgan fingerprint density at radius 1 is 1.18 bits per heavy atom. The summed E-state index contributed by atoms with van der Waals surface area (Å²) in [5.74, 6) is 1.81. The van der Waals surface area contributed by atoms with Gasteiger partial charge < -0.3 is 25.2 Å². The number of carbonyl (C=O) groups excluding carboxylic acids is 1. The Bertz CT molecular complexity index is 501. The summed E-state index contributed by atoms with van der Waals surface area (Å²) in [7, 11) is 1.82. The molecular formula is C20H40IN5O2. The van der Waals surface area contributed by atoms with Crippen LogP contribution >= 0.6 is 24.0 Å². The first kappa shape index (κ1) is 25.3. The Morgan fingerprint density at radius 2 is 1.86 bits per heavy atom. The molecule has 0 saturated carbocycles. The van der Waals surface area contributed by atoms with Crippen molar-refractivity contribution < 1.29 is 9.53 Å². The molecular weight excluding hydrogens is 469 g/mol. The van der Waals surface area contributed by atoms with Crippen LogP contribution in [0.15, 0.2) is 4.99 Å². The van der Waals surface area contributed by atoms with Gasteiger partial charge in [-0.2, -0.15) is 0 Å². The lowest BCUT2D eigenvalue weighted by Crippen LogP contribution is -2.44. The maximum Gasteiger partial charge on any atom is 0.407 e. The van der Waals surface area contributed by atoms with Crippen molar-refractivity contribution in [1.82, 2.24) is 20.4 Å². The van der Waals surface area contributed by atoms with Crippen LogP contribution in [0.4, 0.5) is 4.79 Å². The predicted molar refractivity (Wildman–Crippen MR) is 126 cm³/mol. The van der Waals surface area contributed by atoms with Crippen molar-refractivity contribution in [1.29, 1.82) is 0 Å². The van der Waals surface area contributed by atoms with E-state index < -0.39 is 5.60 Å². The molecule has 28 heavy (non-hydrogen) atoms. The number of piperidine rings is 1. The molecule has 2 rings (SSSR count). The molecule has 0 spiro atoms. The quantitative estimate of drug-likeness (QED) is 0.258. The minimum Gasteiger partial charge on any atom is -0.444 e. The molecule has 1 unspecified atom stereocenters. The van der Waals surface area contributed by atoms with Gasteiger partial charge in [-0.05, 0) is 72.0 Å². The number of carbonyl (C=O) groups is 1. The number of hydrogen-bond acceptors (Lipinski definition) is 4. The first-order valence-corrected chi connectivity index (χ1v) is 10.4. The zero-order chi connectivity index (χ0) is 19.9. The molecule has 2 aliphatic rings. The van der Waals surface area contributed by atoms with Gasteiger partial charge in [-0.1, -0.05) is 6.92 Å². The Morgan fingerprint density at radius 3 is 2.46 bits per heavy atom. The van der Waals surface area contributed by atoms with Gasteiger partial charge in [-0.15, -0.1) is 24.0 Å². The first-order chi connectivity index (χ1) is 12.8. The topological polar surface area (TPSA) is 69.2 Å². The third kappa shape index (κ3) is 9.15. The van der Waals surface area contributed by atoms with Gasteiger partial charge >= 0.3 is 6.09 Å². The van der Waals surface area contributed by atoms with Crippen LogP contribution < -0.4 is 10.6 Å². The molecule has 0 aromatic rings. The maximum atomic E-state index is 11.9. The third-order valence-electron chi connectivity index (χ3n) is 5.23. The van der Waals surface area contributed by atoms with Crippen molar-refractivity contribution in [3.05, 3.63) is 0 Å². The summed E-state index contributed by atoms with van der Waals surface area (Å²) in [4.78, 5) is 21.1. The molecule has 0 radical (unpaired) electrons. The number of ether oxygens (including phenoxy) is 1. The second-order valence-electron chi connectivity index (χ2n) is 8.93. The molecule has 2 fully saturated rings. The molecule has 0 aromatic carbocycles. The lowest BCUT2D eigenvalue weighted by molar-refractivity contribution is 0.0507. The van der Waals surface area contributed by atoms with Crippen molar-refractivity contribution in [2.75, 3.05) is 46.3 Å². The van der Waals surface area contributed by atoms with E-state index in [-0.39, 0.29) is 36.1 Å². The van der Waals surface area contributed by atoms with Crippen LogP contribution in [-0.2, 0) is 4.74 Å². The van der Waals surface area contributed by atoms with Crippen LogP contribution in [0.25, 0.3) is 0 Å². The smallest absolute Gasteiger partial charge is 0.407 e. The van der Waals surface area contributed by atoms with Gasteiger partial charge in [0.25, 0.3) is 0 Å². The monoisotopic (exact) mass is 509 g/mol. The number of nitrogens with zero attached hydrogens (tertiary/aromatic N) is 3. The second-order valence-corrected chi connectivity index (χ2v) is 8.93. The zero-order valence-electron chi connectivity index (χ0n) is 18.3. The summed E-state index contributed by atoms with van der Waals surface area (Å²) in [5.41, 5.74) is -0.466. The van der Waals surface area contributed by atoms with Crippen molar-refractivity contribution >= 4 is 36.0 Å². The highest BCUT2D eigenvalue weighted by Crippen LogP contribution is 2.16. The maximum absolute atomic E-state index is 11.9. The number of amides is 1. The molecule has 8 heteroatoms. The van der Waals surface area contributed by atoms with Gasteiger partial charge in [0.1, 0.15) is 5.60 Å². The van der Waals surface area contributed by atoms with Gasteiger partial charge in [0.05, 0.1) is 6.04 Å². The van der Waals surface area contributed by atoms with Crippen LogP contribution in [0.2, 0.25) is 0 Å². The Kier molecular flexibility index (Phi) is 10.9. The highest BCUT2D eigenvalue weighted by atomic mass is 127. The third-order valence-corrected chi connectivity index (χ3v) is 5.23. The first-order valence-electron chi connectivity index (χ1n) is 10.4. The molecule has 2 aliphatic heterocycles. The van der Waals surface area contributed by atoms with Crippen molar-refractivity contribution in [2.24, 2.45) is 10.9 Å². The van der Waals surface area contributed by atoms with Crippen molar-refractivity contribution in [3.63, 3.8) is 0 Å². The van der Waals surface area contributed by atoms with Gasteiger partial charge in [-0.25, -0.2) is 4.79 Å². The summed E-state index contributed by atoms with van der Waals surface area (Å²) >= 11 is 0. The van der Waals surface area contributed by atoms with E-state index in [0.29, 0.717) is 0 Å². The van der Waals surface area contributed by atoms with E-state index in [0.717, 1.165) is 50.9 Å². The second kappa shape index (κ2) is 12.0. The lowest BCUT2D eigenvalue weighted by Gasteiger charge is -2.30. The summed E-state index contributed by atoms with van der Waals surface area (Å²) in [6, 6.07) is 0.105. The van der Waals surface area contributed by atoms with Crippen LogP contribution in [0.5, 0.6) is 0 Å². The average Bonchev–Trinajstić information content (AvgIpc) is 3.03. The molecule has 7 nitrogen and oxygen atoms in total. The van der Waals surface area contributed by atoms with Crippen LogP contribution in [-0.4, -0.2) is 79.8 Å². The van der Waals surface area contributed by atoms with Crippen molar-refractivity contribution in [2.45, 2.75) is 65.0 Å². The molecule has 1 amide bonds. The number of aliphatic imine (C=N–C) groups is 1. The van der Waals surface area contributed by atoms with E-state index in [4.69, 9.17) is 4.74 Å². The van der Waals surface area contributed by atoms with Gasteiger partial charge in [-0.3, -0.25) is 4.99 Å². The number of nitrogens with one attached hydrogen (secondary N) is 2. The number of rotatable bonds is 5. The van der Waals surface area contributed by atoms with Crippen LogP contribution in [0.3, 0.4) is 0 Å². The fraction of sp³-hybridized carbons (Fsp3) is 0.900. The lowest BCUT2D eigenvalue weighted by atomic mass is 9.99. The molecule has 2 N–H and O–H groups in total. The van der Waals surface area contributed by atoms with Gasteiger partial charge in [0.15, 0.2) is 5.96 Å². The molecule has 1 atom stereocenters. The number of halogens is 1. The molecule has 164 valence electrons. The Hall–Kier alpha value is -0.770. The SMILES string of the molecule is CN=C(NCCCN1CCC(C)CC1)N1CCC(NC(=O)OC(C)(C)C)C1.I. The normalized spacial score (nSPS) is 22.0. The number of alkyl carbamates (subject to hydrolysis) is 1. The molecule has 2 saturated heterocycles. The largest absolute Gasteiger partial charge is 0.444 e. The van der Waals surface area contributed by atoms with Crippen molar-refractivity contribution in [3.8, 4) is 0 Å². The van der Waals surface area contributed by atoms with E-state index in [1.54, 1.807) is 0 Å². The summed E-state index contributed by atoms with van der Waals surface area (Å²) in [5, 5.41) is 6.44. The van der Waals surface area contributed by atoms with Gasteiger partial charge in [0.2, 0.25) is 0 Å². The molecule has 0 bridgehead atoms. The predicted octanol–water partition coefficient (Wildman–Crippen LogP) is 2.90. The molecule has 0 aromatic heterocycles. The fourth-order valence-corrected chi connectivity index (χ4v) is 3.67. The number of guanidine groups is 1. The van der Waals surface area contributed by atoms with Crippen LogP contribution in [0.1, 0.15) is 53.4 Å². The number of likely N-dealkylation sites (tertiary alicyclic amines) is 2. The summed E-state index contributed by atoms with van der Waals surface area (Å²) in [6.45, 7) is 14.2. The Balaban J connectivity index is 0.00000392. The van der Waals surface area contributed by atoms with E-state index in [9.17, 15) is 4.79 Å².